The van der Waals surface area contributed by atoms with Crippen LogP contribution in [0.25, 0.3) is 0 Å². The monoisotopic (exact) mass is 345 g/mol. The van der Waals surface area contributed by atoms with Crippen LogP contribution in [0.4, 0.5) is 10.6 Å². The summed E-state index contributed by atoms with van der Waals surface area (Å²) in [5.41, 5.74) is 6.30. The highest BCUT2D eigenvalue weighted by Gasteiger charge is 2.27. The first-order chi connectivity index (χ1) is 12.1. The minimum absolute atomic E-state index is 0.0222. The average Bonchev–Trinajstić information content (AvgIpc) is 2.67. The Morgan fingerprint density at radius 2 is 1.96 bits per heavy atom. The molecule has 2 fully saturated rings. The minimum atomic E-state index is -0.449. The minimum Gasteiger partial charge on any atom is -0.357 e. The van der Waals surface area contributed by atoms with Crippen molar-refractivity contribution in [1.29, 1.82) is 0 Å². The van der Waals surface area contributed by atoms with Crippen LogP contribution in [0, 0.1) is 5.92 Å². The molecule has 2 saturated heterocycles. The molecular weight excluding hydrogens is 318 g/mol. The van der Waals surface area contributed by atoms with E-state index in [0.29, 0.717) is 19.6 Å². The van der Waals surface area contributed by atoms with Crippen LogP contribution in [0.3, 0.4) is 0 Å². The number of amides is 3. The van der Waals surface area contributed by atoms with Gasteiger partial charge < -0.3 is 20.9 Å². The second kappa shape index (κ2) is 8.18. The number of hydrogen-bond donors (Lipinski definition) is 2. The lowest BCUT2D eigenvalue weighted by Crippen LogP contribution is -2.47. The number of carbonyl (C=O) groups is 2. The van der Waals surface area contributed by atoms with Gasteiger partial charge >= 0.3 is 6.03 Å². The Bertz CT molecular complexity index is 598. The molecule has 3 rings (SSSR count). The fourth-order valence-corrected chi connectivity index (χ4v) is 3.56. The molecule has 7 heteroatoms. The van der Waals surface area contributed by atoms with E-state index in [1.54, 1.807) is 4.90 Å². The number of rotatable bonds is 4. The number of urea groups is 1. The van der Waals surface area contributed by atoms with E-state index in [9.17, 15) is 9.59 Å². The molecular formula is C18H27N5O2. The standard InChI is InChI=1S/C18H27N5O2/c19-18(25)23-10-4-5-15(13-23)17(24)21-12-14-6-7-16(20-11-14)22-8-2-1-3-9-22/h6-7,11,15H,1-5,8-10,12-13H2,(H2,19,25)(H,21,24)/t15-/m1/s1. The van der Waals surface area contributed by atoms with Crippen LogP contribution < -0.4 is 16.0 Å². The van der Waals surface area contributed by atoms with Gasteiger partial charge in [0.2, 0.25) is 5.91 Å². The molecule has 136 valence electrons. The third-order valence-corrected chi connectivity index (χ3v) is 5.06. The van der Waals surface area contributed by atoms with Gasteiger partial charge in [-0.3, -0.25) is 4.79 Å². The molecule has 0 radical (unpaired) electrons. The maximum atomic E-state index is 12.3. The van der Waals surface area contributed by atoms with E-state index in [2.05, 4.69) is 15.2 Å². The number of nitrogens with one attached hydrogen (secondary N) is 1. The Balaban J connectivity index is 1.49. The van der Waals surface area contributed by atoms with E-state index in [0.717, 1.165) is 37.3 Å². The first-order valence-corrected chi connectivity index (χ1v) is 9.15. The third kappa shape index (κ3) is 4.61. The number of hydrogen-bond acceptors (Lipinski definition) is 4. The van der Waals surface area contributed by atoms with Gasteiger partial charge in [-0.15, -0.1) is 0 Å². The number of piperidine rings is 2. The Morgan fingerprint density at radius 1 is 1.16 bits per heavy atom. The van der Waals surface area contributed by atoms with Gasteiger partial charge in [-0.25, -0.2) is 9.78 Å². The normalized spacial score (nSPS) is 21.0. The molecule has 3 amide bonds. The number of likely N-dealkylation sites (tertiary alicyclic amines) is 1. The SMILES string of the molecule is NC(=O)N1CCC[C@@H](C(=O)NCc2ccc(N3CCCCC3)nc2)C1. The third-order valence-electron chi connectivity index (χ3n) is 5.06. The molecule has 0 unspecified atom stereocenters. The van der Waals surface area contributed by atoms with Crippen molar-refractivity contribution in [2.75, 3.05) is 31.1 Å². The number of primary amides is 1. The van der Waals surface area contributed by atoms with Gasteiger partial charge in [-0.2, -0.15) is 0 Å². The summed E-state index contributed by atoms with van der Waals surface area (Å²) in [6.07, 6.45) is 7.19. The number of aromatic nitrogens is 1. The number of nitrogens with zero attached hydrogens (tertiary/aromatic N) is 3. The summed E-state index contributed by atoms with van der Waals surface area (Å²) in [4.78, 5) is 32.0. The van der Waals surface area contributed by atoms with Crippen LogP contribution in [0.5, 0.6) is 0 Å². The van der Waals surface area contributed by atoms with Gasteiger partial charge in [-0.05, 0) is 43.7 Å². The quantitative estimate of drug-likeness (QED) is 0.865. The number of nitrogens with two attached hydrogens (primary N) is 1. The van der Waals surface area contributed by atoms with Crippen LogP contribution in [0.2, 0.25) is 0 Å². The largest absolute Gasteiger partial charge is 0.357 e. The zero-order valence-electron chi connectivity index (χ0n) is 14.6. The second-order valence-corrected chi connectivity index (χ2v) is 6.91. The summed E-state index contributed by atoms with van der Waals surface area (Å²) >= 11 is 0. The summed E-state index contributed by atoms with van der Waals surface area (Å²) in [6.45, 7) is 3.65. The Hall–Kier alpha value is -2.31. The predicted octanol–water partition coefficient (Wildman–Crippen LogP) is 1.48. The lowest BCUT2D eigenvalue weighted by atomic mass is 9.97. The van der Waals surface area contributed by atoms with E-state index < -0.39 is 6.03 Å². The summed E-state index contributed by atoms with van der Waals surface area (Å²) in [7, 11) is 0. The number of carbonyl (C=O) groups excluding carboxylic acids is 2. The first kappa shape index (κ1) is 17.5. The topological polar surface area (TPSA) is 91.6 Å². The molecule has 2 aliphatic heterocycles. The van der Waals surface area contributed by atoms with Crippen LogP contribution in [-0.4, -0.2) is 48.0 Å². The Labute approximate surface area is 148 Å². The molecule has 0 saturated carbocycles. The molecule has 0 bridgehead atoms. The summed E-state index contributed by atoms with van der Waals surface area (Å²) in [5, 5.41) is 2.96. The molecule has 1 aromatic heterocycles. The molecule has 7 nitrogen and oxygen atoms in total. The van der Waals surface area contributed by atoms with Crippen molar-refractivity contribution < 1.29 is 9.59 Å². The molecule has 3 N–H and O–H groups in total. The highest BCUT2D eigenvalue weighted by Crippen LogP contribution is 2.18. The van der Waals surface area contributed by atoms with Gasteiger partial charge in [0.15, 0.2) is 0 Å². The van der Waals surface area contributed by atoms with Gasteiger partial charge in [0.25, 0.3) is 0 Å². The second-order valence-electron chi connectivity index (χ2n) is 6.91. The van der Waals surface area contributed by atoms with E-state index in [1.165, 1.54) is 19.3 Å². The van der Waals surface area contributed by atoms with Crippen LogP contribution >= 0.6 is 0 Å². The van der Waals surface area contributed by atoms with Crippen LogP contribution in [0.15, 0.2) is 18.3 Å². The van der Waals surface area contributed by atoms with E-state index >= 15 is 0 Å². The molecule has 0 spiro atoms. The zero-order valence-corrected chi connectivity index (χ0v) is 14.6. The molecule has 25 heavy (non-hydrogen) atoms. The Kier molecular flexibility index (Phi) is 5.73. The molecule has 0 aliphatic carbocycles. The number of anilines is 1. The van der Waals surface area contributed by atoms with Crippen molar-refractivity contribution in [1.82, 2.24) is 15.2 Å². The van der Waals surface area contributed by atoms with Crippen molar-refractivity contribution in [3.63, 3.8) is 0 Å². The average molecular weight is 345 g/mol. The zero-order chi connectivity index (χ0) is 17.6. The summed E-state index contributed by atoms with van der Waals surface area (Å²) < 4.78 is 0. The summed E-state index contributed by atoms with van der Waals surface area (Å²) in [6, 6.07) is 3.60. The maximum Gasteiger partial charge on any atom is 0.314 e. The van der Waals surface area contributed by atoms with Crippen LogP contribution in [-0.2, 0) is 11.3 Å². The molecule has 1 atom stereocenters. The molecule has 0 aromatic carbocycles. The smallest absolute Gasteiger partial charge is 0.314 e. The Morgan fingerprint density at radius 3 is 2.64 bits per heavy atom. The van der Waals surface area contributed by atoms with Crippen molar-refractivity contribution in [2.24, 2.45) is 11.7 Å². The fourth-order valence-electron chi connectivity index (χ4n) is 3.56. The predicted molar refractivity (Wildman–Crippen MR) is 96.0 cm³/mol. The van der Waals surface area contributed by atoms with Crippen molar-refractivity contribution in [2.45, 2.75) is 38.6 Å². The van der Waals surface area contributed by atoms with Gasteiger partial charge in [0, 0.05) is 38.9 Å². The van der Waals surface area contributed by atoms with Gasteiger partial charge in [-0.1, -0.05) is 6.07 Å². The van der Waals surface area contributed by atoms with Gasteiger partial charge in [0.05, 0.1) is 5.92 Å². The molecule has 1 aromatic rings. The van der Waals surface area contributed by atoms with Crippen molar-refractivity contribution >= 4 is 17.8 Å². The van der Waals surface area contributed by atoms with Gasteiger partial charge in [0.1, 0.15) is 5.82 Å². The maximum absolute atomic E-state index is 12.3. The summed E-state index contributed by atoms with van der Waals surface area (Å²) in [5.74, 6) is 0.812. The highest BCUT2D eigenvalue weighted by molar-refractivity contribution is 5.80. The van der Waals surface area contributed by atoms with E-state index in [-0.39, 0.29) is 11.8 Å². The molecule has 2 aliphatic rings. The number of pyridine rings is 1. The highest BCUT2D eigenvalue weighted by atomic mass is 16.2. The fraction of sp³-hybridized carbons (Fsp3) is 0.611. The van der Waals surface area contributed by atoms with Crippen molar-refractivity contribution in [3.05, 3.63) is 23.9 Å². The lowest BCUT2D eigenvalue weighted by Gasteiger charge is -2.30. The lowest BCUT2D eigenvalue weighted by molar-refractivity contribution is -0.126. The molecule has 3 heterocycles. The van der Waals surface area contributed by atoms with E-state index in [1.807, 2.05) is 18.3 Å². The van der Waals surface area contributed by atoms with E-state index in [4.69, 9.17) is 5.73 Å². The first-order valence-electron chi connectivity index (χ1n) is 9.15. The van der Waals surface area contributed by atoms with Crippen LogP contribution in [0.1, 0.15) is 37.7 Å². The van der Waals surface area contributed by atoms with Crippen molar-refractivity contribution in [3.8, 4) is 0 Å².